The Morgan fingerprint density at radius 2 is 1.96 bits per heavy atom. The Morgan fingerprint density at radius 3 is 2.39 bits per heavy atom. The van der Waals surface area contributed by atoms with Gasteiger partial charge < -0.3 is 37.0 Å². The number of nitrogens with two attached hydrogens (primary N) is 1. The van der Waals surface area contributed by atoms with Crippen LogP contribution in [0.4, 0.5) is 0 Å². The van der Waals surface area contributed by atoms with Crippen LogP contribution in [0.2, 0.25) is 0 Å². The predicted molar refractivity (Wildman–Crippen MR) is 82.1 cm³/mol. The van der Waals surface area contributed by atoms with Crippen LogP contribution in [-0.4, -0.2) is 66.6 Å². The van der Waals surface area contributed by atoms with E-state index in [-0.39, 0.29) is 19.4 Å². The maximum atomic E-state index is 12.2. The summed E-state index contributed by atoms with van der Waals surface area (Å²) < 4.78 is 0. The molecule has 0 heterocycles. The number of carboxylic acids is 1. The molecule has 7 N–H and O–H groups in total. The molecular weight excluding hydrogens is 306 g/mol. The van der Waals surface area contributed by atoms with Crippen molar-refractivity contribution in [2.24, 2.45) is 5.73 Å². The standard InChI is InChI=1S/C13H23N5O5/c1-13(6-14,7-19)18-12(23)9(3-4-10(20)21)17-11(22)8(15)5-16-2/h6-9,14,16H,3-5,15H2,1-2H3,(H,17,22)(H,18,23)(H,20,21)/t8-,9-,13+/m0/s1. The van der Waals surface area contributed by atoms with E-state index in [1.165, 1.54) is 6.92 Å². The van der Waals surface area contributed by atoms with E-state index in [4.69, 9.17) is 16.2 Å². The second kappa shape index (κ2) is 9.64. The molecule has 0 aromatic carbocycles. The van der Waals surface area contributed by atoms with E-state index >= 15 is 0 Å². The van der Waals surface area contributed by atoms with Gasteiger partial charge in [-0.3, -0.25) is 14.4 Å². The van der Waals surface area contributed by atoms with Crippen LogP contribution in [0.1, 0.15) is 19.8 Å². The lowest BCUT2D eigenvalue weighted by Crippen LogP contribution is -2.58. The van der Waals surface area contributed by atoms with Crippen molar-refractivity contribution in [1.29, 1.82) is 5.41 Å². The molecule has 0 aliphatic carbocycles. The van der Waals surface area contributed by atoms with Crippen molar-refractivity contribution in [2.75, 3.05) is 13.6 Å². The van der Waals surface area contributed by atoms with Crippen molar-refractivity contribution >= 4 is 30.3 Å². The van der Waals surface area contributed by atoms with Crippen LogP contribution in [0.15, 0.2) is 0 Å². The summed E-state index contributed by atoms with van der Waals surface area (Å²) in [5, 5.41) is 23.2. The zero-order valence-electron chi connectivity index (χ0n) is 13.1. The summed E-state index contributed by atoms with van der Waals surface area (Å²) in [7, 11) is 1.60. The molecule has 130 valence electrons. The summed E-state index contributed by atoms with van der Waals surface area (Å²) >= 11 is 0. The Morgan fingerprint density at radius 1 is 1.35 bits per heavy atom. The maximum absolute atomic E-state index is 12.2. The Kier molecular flexibility index (Phi) is 8.66. The van der Waals surface area contributed by atoms with Gasteiger partial charge in [0, 0.05) is 19.2 Å². The lowest BCUT2D eigenvalue weighted by atomic mass is 10.0. The van der Waals surface area contributed by atoms with E-state index in [0.717, 1.165) is 6.21 Å². The second-order valence-electron chi connectivity index (χ2n) is 5.19. The second-order valence-corrected chi connectivity index (χ2v) is 5.19. The normalized spacial score (nSPS) is 15.6. The molecule has 23 heavy (non-hydrogen) atoms. The highest BCUT2D eigenvalue weighted by molar-refractivity contribution is 5.98. The summed E-state index contributed by atoms with van der Waals surface area (Å²) in [5.74, 6) is -2.54. The van der Waals surface area contributed by atoms with Gasteiger partial charge in [-0.2, -0.15) is 0 Å². The molecule has 10 nitrogen and oxygen atoms in total. The first kappa shape index (κ1) is 20.7. The Hall–Kier alpha value is -2.33. The van der Waals surface area contributed by atoms with Gasteiger partial charge in [-0.1, -0.05) is 0 Å². The number of carbonyl (C=O) groups excluding carboxylic acids is 3. The molecule has 2 amide bonds. The smallest absolute Gasteiger partial charge is 0.303 e. The number of likely N-dealkylation sites (N-methyl/N-ethyl adjacent to an activating group) is 1. The van der Waals surface area contributed by atoms with Gasteiger partial charge in [0.05, 0.1) is 6.04 Å². The molecule has 0 aliphatic heterocycles. The van der Waals surface area contributed by atoms with Crippen molar-refractivity contribution in [3.8, 4) is 0 Å². The number of aliphatic carboxylic acids is 1. The first-order valence-corrected chi connectivity index (χ1v) is 6.91. The summed E-state index contributed by atoms with van der Waals surface area (Å²) in [6.07, 6.45) is 0.565. The molecule has 10 heteroatoms. The quantitative estimate of drug-likeness (QED) is 0.181. The van der Waals surface area contributed by atoms with Gasteiger partial charge in [-0.25, -0.2) is 0 Å². The Labute approximate surface area is 133 Å². The topological polar surface area (TPSA) is 174 Å². The van der Waals surface area contributed by atoms with Crippen molar-refractivity contribution in [3.05, 3.63) is 0 Å². The molecule has 0 radical (unpaired) electrons. The van der Waals surface area contributed by atoms with Gasteiger partial charge in [0.15, 0.2) is 6.29 Å². The number of hydrogen-bond donors (Lipinski definition) is 6. The predicted octanol–water partition coefficient (Wildman–Crippen LogP) is -2.39. The molecule has 0 saturated heterocycles. The molecular formula is C13H23N5O5. The van der Waals surface area contributed by atoms with Crippen LogP contribution < -0.4 is 21.7 Å². The average Bonchev–Trinajstić information content (AvgIpc) is 2.50. The molecule has 0 aromatic heterocycles. The molecule has 3 atom stereocenters. The van der Waals surface area contributed by atoms with Crippen molar-refractivity contribution < 1.29 is 24.3 Å². The minimum atomic E-state index is -1.53. The number of carbonyl (C=O) groups is 4. The number of rotatable bonds is 11. The number of carboxylic acid groups (broad SMARTS) is 1. The average molecular weight is 329 g/mol. The lowest BCUT2D eigenvalue weighted by molar-refractivity contribution is -0.138. The van der Waals surface area contributed by atoms with E-state index in [1.807, 2.05) is 0 Å². The number of aldehydes is 1. The Balaban J connectivity index is 5.01. The van der Waals surface area contributed by atoms with E-state index in [9.17, 15) is 19.2 Å². The molecule has 0 unspecified atom stereocenters. The van der Waals surface area contributed by atoms with Crippen molar-refractivity contribution in [3.63, 3.8) is 0 Å². The SMILES string of the molecule is CNC[C@H](N)C(=O)N[C@@H](CCC(=O)O)C(=O)N[C@](C)(C=N)C=O. The van der Waals surface area contributed by atoms with Crippen molar-refractivity contribution in [2.45, 2.75) is 37.4 Å². The van der Waals surface area contributed by atoms with Crippen LogP contribution in [0.5, 0.6) is 0 Å². The highest BCUT2D eigenvalue weighted by Gasteiger charge is 2.29. The van der Waals surface area contributed by atoms with Gasteiger partial charge in [0.2, 0.25) is 11.8 Å². The minimum absolute atomic E-state index is 0.172. The minimum Gasteiger partial charge on any atom is -0.481 e. The van der Waals surface area contributed by atoms with E-state index in [2.05, 4.69) is 16.0 Å². The number of nitrogens with one attached hydrogen (secondary N) is 4. The van der Waals surface area contributed by atoms with Crippen LogP contribution in [0.25, 0.3) is 0 Å². The zero-order chi connectivity index (χ0) is 18.0. The van der Waals surface area contributed by atoms with E-state index < -0.39 is 35.4 Å². The van der Waals surface area contributed by atoms with Gasteiger partial charge in [-0.15, -0.1) is 0 Å². The Bertz CT molecular complexity index is 460. The number of hydrogen-bond acceptors (Lipinski definition) is 7. The highest BCUT2D eigenvalue weighted by atomic mass is 16.4. The van der Waals surface area contributed by atoms with E-state index in [1.54, 1.807) is 7.05 Å². The largest absolute Gasteiger partial charge is 0.481 e. The fourth-order valence-corrected chi connectivity index (χ4v) is 1.58. The summed E-state index contributed by atoms with van der Waals surface area (Å²) in [5.41, 5.74) is 4.07. The highest BCUT2D eigenvalue weighted by Crippen LogP contribution is 2.02. The van der Waals surface area contributed by atoms with Gasteiger partial charge in [-0.05, 0) is 20.4 Å². The molecule has 0 aromatic rings. The van der Waals surface area contributed by atoms with Crippen molar-refractivity contribution in [1.82, 2.24) is 16.0 Å². The van der Waals surface area contributed by atoms with Gasteiger partial charge in [0.25, 0.3) is 0 Å². The summed E-state index contributed by atoms with van der Waals surface area (Å²) in [4.78, 5) is 45.6. The molecule has 0 fully saturated rings. The first-order valence-electron chi connectivity index (χ1n) is 6.91. The monoisotopic (exact) mass is 329 g/mol. The van der Waals surface area contributed by atoms with Gasteiger partial charge >= 0.3 is 5.97 Å². The lowest BCUT2D eigenvalue weighted by Gasteiger charge is -2.25. The molecule has 0 saturated carbocycles. The summed E-state index contributed by atoms with van der Waals surface area (Å²) in [6, 6.07) is -2.10. The summed E-state index contributed by atoms with van der Waals surface area (Å²) in [6.45, 7) is 1.47. The van der Waals surface area contributed by atoms with Crippen LogP contribution in [-0.2, 0) is 19.2 Å². The van der Waals surface area contributed by atoms with Crippen LogP contribution >= 0.6 is 0 Å². The first-order chi connectivity index (χ1) is 10.7. The number of amides is 2. The van der Waals surface area contributed by atoms with Crippen LogP contribution in [0.3, 0.4) is 0 Å². The third-order valence-electron chi connectivity index (χ3n) is 2.98. The fraction of sp³-hybridized carbons (Fsp3) is 0.615. The zero-order valence-corrected chi connectivity index (χ0v) is 13.1. The fourth-order valence-electron chi connectivity index (χ4n) is 1.58. The third-order valence-corrected chi connectivity index (χ3v) is 2.98. The maximum Gasteiger partial charge on any atom is 0.303 e. The third kappa shape index (κ3) is 7.47. The van der Waals surface area contributed by atoms with Gasteiger partial charge in [0.1, 0.15) is 11.6 Å². The van der Waals surface area contributed by atoms with E-state index in [0.29, 0.717) is 6.29 Å². The molecule has 0 rings (SSSR count). The molecule has 0 spiro atoms. The molecule has 0 bridgehead atoms. The van der Waals surface area contributed by atoms with Crippen LogP contribution in [0, 0.1) is 5.41 Å². The molecule has 0 aliphatic rings.